The molecule has 1 aromatic rings. The normalized spacial score (nSPS) is 13.7. The van der Waals surface area contributed by atoms with E-state index in [9.17, 15) is 5.11 Å². The zero-order chi connectivity index (χ0) is 15.0. The lowest BCUT2D eigenvalue weighted by molar-refractivity contribution is 0.101. The van der Waals surface area contributed by atoms with Gasteiger partial charge in [-0.3, -0.25) is 0 Å². The monoisotopic (exact) mass is 279 g/mol. The van der Waals surface area contributed by atoms with Crippen molar-refractivity contribution in [2.24, 2.45) is 16.8 Å². The quantitative estimate of drug-likeness (QED) is 0.252. The lowest BCUT2D eigenvalue weighted by Gasteiger charge is -2.20. The van der Waals surface area contributed by atoms with Gasteiger partial charge in [-0.1, -0.05) is 50.0 Å². The molecule has 5 N–H and O–H groups in total. The molecule has 0 fully saturated rings. The molecule has 0 bridgehead atoms. The number of nitrogens with two attached hydrogens (primary N) is 1. The number of rotatable bonds is 8. The summed E-state index contributed by atoms with van der Waals surface area (Å²) in [5.41, 5.74) is 7.28. The molecule has 0 amide bonds. The van der Waals surface area contributed by atoms with Gasteiger partial charge in [0.2, 0.25) is 0 Å². The highest BCUT2D eigenvalue weighted by Crippen LogP contribution is 2.12. The predicted octanol–water partition coefficient (Wildman–Crippen LogP) is 1.67. The number of hydrogen-bond donors (Lipinski definition) is 4. The summed E-state index contributed by atoms with van der Waals surface area (Å²) in [5.74, 6) is 0.440. The largest absolute Gasteiger partial charge is 0.409 e. The van der Waals surface area contributed by atoms with Crippen LogP contribution in [0.15, 0.2) is 29.4 Å². The summed E-state index contributed by atoms with van der Waals surface area (Å²) in [6, 6.07) is 7.48. The number of nitrogens with zero attached hydrogens (tertiary/aromatic N) is 1. The Labute approximate surface area is 120 Å². The van der Waals surface area contributed by atoms with Gasteiger partial charge < -0.3 is 21.4 Å². The van der Waals surface area contributed by atoms with Crippen molar-refractivity contribution in [3.8, 4) is 0 Å². The van der Waals surface area contributed by atoms with Crippen molar-refractivity contribution in [3.05, 3.63) is 35.4 Å². The summed E-state index contributed by atoms with van der Waals surface area (Å²) in [7, 11) is 0. The first-order valence-electron chi connectivity index (χ1n) is 7.07. The molecule has 0 radical (unpaired) electrons. The third-order valence-electron chi connectivity index (χ3n) is 3.61. The minimum absolute atomic E-state index is 0.101. The molecule has 20 heavy (non-hydrogen) atoms. The average Bonchev–Trinajstić information content (AvgIpc) is 2.48. The number of amidine groups is 1. The number of oxime groups is 1. The fourth-order valence-electron chi connectivity index (χ4n) is 2.26. The van der Waals surface area contributed by atoms with Crippen LogP contribution in [0, 0.1) is 5.92 Å². The van der Waals surface area contributed by atoms with E-state index in [-0.39, 0.29) is 11.9 Å². The standard InChI is InChI=1S/C15H25N3O2/c1-3-12(4-2)14(19)10-17-9-11-6-5-7-13(8-11)15(16)18-20/h5-8,12,14,17,19-20H,3-4,9-10H2,1-2H3,(H2,16,18). The molecular weight excluding hydrogens is 254 g/mol. The van der Waals surface area contributed by atoms with E-state index in [0.717, 1.165) is 18.4 Å². The Bertz CT molecular complexity index is 431. The van der Waals surface area contributed by atoms with E-state index in [1.807, 2.05) is 18.2 Å². The number of nitrogens with one attached hydrogen (secondary N) is 1. The lowest BCUT2D eigenvalue weighted by Crippen LogP contribution is -2.32. The first-order chi connectivity index (χ1) is 9.62. The van der Waals surface area contributed by atoms with Crippen molar-refractivity contribution >= 4 is 5.84 Å². The van der Waals surface area contributed by atoms with Crippen LogP contribution in [0.2, 0.25) is 0 Å². The molecule has 0 aliphatic heterocycles. The van der Waals surface area contributed by atoms with E-state index < -0.39 is 0 Å². The molecule has 1 atom stereocenters. The fraction of sp³-hybridized carbons (Fsp3) is 0.533. The molecule has 0 saturated heterocycles. The second-order valence-corrected chi connectivity index (χ2v) is 4.96. The summed E-state index contributed by atoms with van der Waals surface area (Å²) in [6.45, 7) is 5.40. The van der Waals surface area contributed by atoms with Crippen LogP contribution in [0.3, 0.4) is 0 Å². The Morgan fingerprint density at radius 3 is 2.65 bits per heavy atom. The highest BCUT2D eigenvalue weighted by molar-refractivity contribution is 5.97. The van der Waals surface area contributed by atoms with Gasteiger partial charge in [-0.2, -0.15) is 0 Å². The van der Waals surface area contributed by atoms with Crippen molar-refractivity contribution < 1.29 is 10.3 Å². The van der Waals surface area contributed by atoms with Crippen LogP contribution in [-0.2, 0) is 6.54 Å². The third-order valence-corrected chi connectivity index (χ3v) is 3.61. The Balaban J connectivity index is 2.50. The highest BCUT2D eigenvalue weighted by atomic mass is 16.4. The highest BCUT2D eigenvalue weighted by Gasteiger charge is 2.14. The first kappa shape index (κ1) is 16.5. The maximum absolute atomic E-state index is 10.0. The van der Waals surface area contributed by atoms with Crippen LogP contribution >= 0.6 is 0 Å². The second-order valence-electron chi connectivity index (χ2n) is 4.96. The van der Waals surface area contributed by atoms with Gasteiger partial charge in [0.05, 0.1) is 6.10 Å². The Morgan fingerprint density at radius 1 is 1.35 bits per heavy atom. The van der Waals surface area contributed by atoms with Crippen LogP contribution in [0.4, 0.5) is 0 Å². The van der Waals surface area contributed by atoms with Crippen LogP contribution in [0.25, 0.3) is 0 Å². The van der Waals surface area contributed by atoms with E-state index in [1.165, 1.54) is 0 Å². The molecule has 0 aliphatic carbocycles. The average molecular weight is 279 g/mol. The van der Waals surface area contributed by atoms with E-state index in [2.05, 4.69) is 24.3 Å². The summed E-state index contributed by atoms with van der Waals surface area (Å²) in [4.78, 5) is 0. The van der Waals surface area contributed by atoms with Crippen LogP contribution < -0.4 is 11.1 Å². The van der Waals surface area contributed by atoms with Gasteiger partial charge in [0.25, 0.3) is 0 Å². The summed E-state index contributed by atoms with van der Waals surface area (Å²) in [6.07, 6.45) is 1.65. The Morgan fingerprint density at radius 2 is 2.05 bits per heavy atom. The van der Waals surface area contributed by atoms with Gasteiger partial charge in [0, 0.05) is 18.7 Å². The number of aliphatic hydroxyl groups is 1. The number of hydrogen-bond acceptors (Lipinski definition) is 4. The molecule has 5 heteroatoms. The maximum atomic E-state index is 10.0. The van der Waals surface area contributed by atoms with Crippen LogP contribution in [0.5, 0.6) is 0 Å². The summed E-state index contributed by atoms with van der Waals surface area (Å²) < 4.78 is 0. The van der Waals surface area contributed by atoms with E-state index in [0.29, 0.717) is 24.6 Å². The van der Waals surface area contributed by atoms with Crippen molar-refractivity contribution in [2.75, 3.05) is 6.54 Å². The smallest absolute Gasteiger partial charge is 0.170 e. The maximum Gasteiger partial charge on any atom is 0.170 e. The minimum atomic E-state index is -0.322. The molecular formula is C15H25N3O2. The van der Waals surface area contributed by atoms with Gasteiger partial charge in [0.15, 0.2) is 5.84 Å². The molecule has 1 unspecified atom stereocenters. The molecule has 112 valence electrons. The van der Waals surface area contributed by atoms with Gasteiger partial charge in [0.1, 0.15) is 0 Å². The van der Waals surface area contributed by atoms with Crippen molar-refractivity contribution in [1.29, 1.82) is 0 Å². The Hall–Kier alpha value is -1.59. The van der Waals surface area contributed by atoms with Gasteiger partial charge >= 0.3 is 0 Å². The van der Waals surface area contributed by atoms with Gasteiger partial charge in [-0.05, 0) is 17.5 Å². The van der Waals surface area contributed by atoms with Crippen molar-refractivity contribution in [2.45, 2.75) is 39.3 Å². The van der Waals surface area contributed by atoms with Gasteiger partial charge in [-0.25, -0.2) is 0 Å². The SMILES string of the molecule is CCC(CC)C(O)CNCc1cccc(/C(N)=N/O)c1. The van der Waals surface area contributed by atoms with Crippen LogP contribution in [0.1, 0.15) is 37.8 Å². The lowest BCUT2D eigenvalue weighted by atomic mass is 9.96. The second kappa shape index (κ2) is 8.55. The molecule has 1 rings (SSSR count). The molecule has 1 aromatic carbocycles. The number of benzene rings is 1. The van der Waals surface area contributed by atoms with Gasteiger partial charge in [-0.15, -0.1) is 0 Å². The molecule has 0 spiro atoms. The third kappa shape index (κ3) is 4.83. The molecule has 0 aliphatic rings. The van der Waals surface area contributed by atoms with Crippen LogP contribution in [-0.4, -0.2) is 28.8 Å². The van der Waals surface area contributed by atoms with E-state index in [4.69, 9.17) is 10.9 Å². The Kier molecular flexibility index (Phi) is 7.04. The predicted molar refractivity (Wildman–Crippen MR) is 80.7 cm³/mol. The van der Waals surface area contributed by atoms with E-state index >= 15 is 0 Å². The molecule has 0 heterocycles. The molecule has 5 nitrogen and oxygen atoms in total. The van der Waals surface area contributed by atoms with Crippen molar-refractivity contribution in [3.63, 3.8) is 0 Å². The first-order valence-corrected chi connectivity index (χ1v) is 7.07. The molecule has 0 saturated carbocycles. The summed E-state index contributed by atoms with van der Waals surface area (Å²) in [5, 5.41) is 24.9. The zero-order valence-corrected chi connectivity index (χ0v) is 12.2. The number of aliphatic hydroxyl groups excluding tert-OH is 1. The van der Waals surface area contributed by atoms with Crippen molar-refractivity contribution in [1.82, 2.24) is 5.32 Å². The summed E-state index contributed by atoms with van der Waals surface area (Å²) >= 11 is 0. The topological polar surface area (TPSA) is 90.9 Å². The molecule has 0 aromatic heterocycles. The fourth-order valence-corrected chi connectivity index (χ4v) is 2.26. The van der Waals surface area contributed by atoms with E-state index in [1.54, 1.807) is 6.07 Å². The minimum Gasteiger partial charge on any atom is -0.409 e. The zero-order valence-electron chi connectivity index (χ0n) is 12.2.